The third kappa shape index (κ3) is 7.67. The molecule has 1 aliphatic heterocycles. The number of nitro groups is 2. The zero-order valence-corrected chi connectivity index (χ0v) is 19.8. The molecule has 1 heterocycles. The van der Waals surface area contributed by atoms with Gasteiger partial charge in [0, 0.05) is 36.5 Å². The van der Waals surface area contributed by atoms with Crippen LogP contribution >= 0.6 is 12.6 Å². The van der Waals surface area contributed by atoms with Gasteiger partial charge >= 0.3 is 18.0 Å². The van der Waals surface area contributed by atoms with Crippen LogP contribution in [-0.2, 0) is 30.4 Å². The van der Waals surface area contributed by atoms with Gasteiger partial charge in [-0.15, -0.1) is 0 Å². The molecule has 1 saturated heterocycles. The first kappa shape index (κ1) is 27.6. The Bertz CT molecular complexity index is 975. The molecular weight excluding hydrogens is 486 g/mol. The minimum atomic E-state index is -0.816. The summed E-state index contributed by atoms with van der Waals surface area (Å²) in [6.45, 7) is 4.43. The number of rotatable bonds is 10. The van der Waals surface area contributed by atoms with E-state index < -0.39 is 57.9 Å². The van der Waals surface area contributed by atoms with E-state index in [0.717, 1.165) is 12.1 Å². The van der Waals surface area contributed by atoms with E-state index in [-0.39, 0.29) is 49.4 Å². The van der Waals surface area contributed by atoms with E-state index in [2.05, 4.69) is 19.2 Å². The van der Waals surface area contributed by atoms with Crippen LogP contribution in [0.5, 0.6) is 0 Å². The average molecular weight is 512 g/mol. The summed E-state index contributed by atoms with van der Waals surface area (Å²) in [6, 6.07) is 3.35. The van der Waals surface area contributed by atoms with Crippen molar-refractivity contribution in [2.24, 2.45) is 5.92 Å². The van der Waals surface area contributed by atoms with Crippen LogP contribution < -0.4 is 0 Å². The summed E-state index contributed by atoms with van der Waals surface area (Å²) in [6.07, 6.45) is -1.02. The Balaban J connectivity index is 1.88. The molecule has 1 aromatic rings. The van der Waals surface area contributed by atoms with Crippen LogP contribution in [0.3, 0.4) is 0 Å². The molecule has 1 amide bonds. The molecule has 0 saturated carbocycles. The highest BCUT2D eigenvalue weighted by Gasteiger charge is 2.32. The van der Waals surface area contributed by atoms with E-state index in [1.54, 1.807) is 0 Å². The number of piperidine rings is 1. The van der Waals surface area contributed by atoms with E-state index in [9.17, 15) is 34.6 Å². The monoisotopic (exact) mass is 511 g/mol. The van der Waals surface area contributed by atoms with Crippen molar-refractivity contribution < 1.29 is 38.4 Å². The first-order valence-corrected chi connectivity index (χ1v) is 11.1. The van der Waals surface area contributed by atoms with Crippen LogP contribution in [0.2, 0.25) is 0 Å². The minimum absolute atomic E-state index is 0.137. The zero-order valence-electron chi connectivity index (χ0n) is 18.9. The van der Waals surface area contributed by atoms with Crippen LogP contribution in [0.1, 0.15) is 25.3 Å². The number of benzene rings is 1. The molecule has 0 N–H and O–H groups in total. The summed E-state index contributed by atoms with van der Waals surface area (Å²) >= 11 is 4.10. The minimum Gasteiger partial charge on any atom is -0.458 e. The third-order valence-electron chi connectivity index (χ3n) is 5.18. The van der Waals surface area contributed by atoms with E-state index in [1.165, 1.54) is 17.9 Å². The van der Waals surface area contributed by atoms with Gasteiger partial charge in [0.1, 0.15) is 24.9 Å². The van der Waals surface area contributed by atoms with Crippen molar-refractivity contribution in [1.29, 1.82) is 0 Å². The van der Waals surface area contributed by atoms with Crippen LogP contribution in [-0.4, -0.2) is 64.3 Å². The number of carbonyl (C=O) groups excluding carboxylic acids is 3. The van der Waals surface area contributed by atoms with Gasteiger partial charge in [0.15, 0.2) is 0 Å². The van der Waals surface area contributed by atoms with Crippen molar-refractivity contribution in [1.82, 2.24) is 4.90 Å². The molecule has 35 heavy (non-hydrogen) atoms. The largest absolute Gasteiger partial charge is 0.458 e. The first-order chi connectivity index (χ1) is 16.5. The fourth-order valence-corrected chi connectivity index (χ4v) is 3.43. The molecule has 1 fully saturated rings. The topological polar surface area (TPSA) is 168 Å². The predicted molar refractivity (Wildman–Crippen MR) is 124 cm³/mol. The van der Waals surface area contributed by atoms with Gasteiger partial charge in [0.25, 0.3) is 11.4 Å². The number of hydrogen-bond acceptors (Lipinski definition) is 11. The summed E-state index contributed by atoms with van der Waals surface area (Å²) in [5.41, 5.74) is -1.16. The number of ether oxygens (including phenoxy) is 3. The summed E-state index contributed by atoms with van der Waals surface area (Å²) in [5, 5.41) is 22.4. The van der Waals surface area contributed by atoms with Crippen molar-refractivity contribution in [2.75, 3.05) is 25.4 Å². The van der Waals surface area contributed by atoms with Gasteiger partial charge in [-0.05, 0) is 25.8 Å². The van der Waals surface area contributed by atoms with Crippen molar-refractivity contribution in [3.8, 4) is 0 Å². The summed E-state index contributed by atoms with van der Waals surface area (Å²) in [5.74, 6) is -1.49. The average Bonchev–Trinajstić information content (AvgIpc) is 2.84. The molecule has 14 heteroatoms. The number of likely N-dealkylation sites (tertiary alicyclic amines) is 1. The van der Waals surface area contributed by atoms with Gasteiger partial charge in [-0.3, -0.25) is 25.0 Å². The Morgan fingerprint density at radius 3 is 2.20 bits per heavy atom. The van der Waals surface area contributed by atoms with Crippen LogP contribution in [0.25, 0.3) is 0 Å². The van der Waals surface area contributed by atoms with E-state index >= 15 is 0 Å². The van der Waals surface area contributed by atoms with Gasteiger partial charge in [-0.2, -0.15) is 12.6 Å². The molecule has 0 spiro atoms. The lowest BCUT2D eigenvalue weighted by molar-refractivity contribution is -0.396. The summed E-state index contributed by atoms with van der Waals surface area (Å²) < 4.78 is 15.4. The Hall–Kier alpha value is -3.68. The Labute approximate surface area is 205 Å². The second-order valence-electron chi connectivity index (χ2n) is 7.73. The van der Waals surface area contributed by atoms with Gasteiger partial charge in [0.2, 0.25) is 0 Å². The van der Waals surface area contributed by atoms with Crippen molar-refractivity contribution in [3.05, 3.63) is 56.1 Å². The van der Waals surface area contributed by atoms with E-state index in [1.807, 2.05) is 0 Å². The standard InChI is InChI=1S/C21H25N3O10S/c1-13(2)19(25)32-10-15(12-35)34-20(26)14-6-8-22(9-7-14)21(27)33-11-16-17(23(28)29)4-3-5-18(16)24(30)31/h3-5,14-15,35H,1,6-12H2,2H3. The quantitative estimate of drug-likeness (QED) is 0.123. The molecule has 0 aliphatic carbocycles. The highest BCUT2D eigenvalue weighted by Crippen LogP contribution is 2.29. The number of nitrogens with zero attached hydrogens (tertiary/aromatic N) is 3. The smallest absolute Gasteiger partial charge is 0.410 e. The van der Waals surface area contributed by atoms with E-state index in [0.29, 0.717) is 0 Å². The maximum atomic E-state index is 12.5. The van der Waals surface area contributed by atoms with Crippen molar-refractivity contribution >= 4 is 42.0 Å². The molecule has 1 aliphatic rings. The molecule has 1 aromatic carbocycles. The molecule has 0 bridgehead atoms. The maximum Gasteiger partial charge on any atom is 0.410 e. The second kappa shape index (κ2) is 12.7. The lowest BCUT2D eigenvalue weighted by atomic mass is 9.97. The highest BCUT2D eigenvalue weighted by molar-refractivity contribution is 7.80. The number of nitro benzene ring substituents is 2. The molecule has 1 atom stereocenters. The number of hydrogen-bond donors (Lipinski definition) is 1. The molecule has 190 valence electrons. The Kier molecular flexibility index (Phi) is 9.99. The molecule has 2 rings (SSSR count). The van der Waals surface area contributed by atoms with Gasteiger partial charge in [-0.25, -0.2) is 9.59 Å². The highest BCUT2D eigenvalue weighted by atomic mass is 32.1. The van der Waals surface area contributed by atoms with Crippen LogP contribution in [0.15, 0.2) is 30.4 Å². The molecule has 0 aromatic heterocycles. The number of carbonyl (C=O) groups is 3. The van der Waals surface area contributed by atoms with Crippen LogP contribution in [0.4, 0.5) is 16.2 Å². The van der Waals surface area contributed by atoms with Gasteiger partial charge < -0.3 is 19.1 Å². The van der Waals surface area contributed by atoms with Crippen molar-refractivity contribution in [3.63, 3.8) is 0 Å². The fourth-order valence-electron chi connectivity index (χ4n) is 3.25. The fraction of sp³-hybridized carbons (Fsp3) is 0.476. The first-order valence-electron chi connectivity index (χ1n) is 10.5. The summed E-state index contributed by atoms with van der Waals surface area (Å²) in [4.78, 5) is 58.5. The molecule has 1 unspecified atom stereocenters. The third-order valence-corrected chi connectivity index (χ3v) is 5.59. The zero-order chi connectivity index (χ0) is 26.1. The second-order valence-corrected chi connectivity index (χ2v) is 8.09. The SMILES string of the molecule is C=C(C)C(=O)OCC(CS)OC(=O)C1CCN(C(=O)OCc2c([N+](=O)[O-])cccc2[N+](=O)[O-])CC1. The molecule has 0 radical (unpaired) electrons. The molecule has 13 nitrogen and oxygen atoms in total. The summed E-state index contributed by atoms with van der Waals surface area (Å²) in [7, 11) is 0. The van der Waals surface area contributed by atoms with Gasteiger partial charge in [-0.1, -0.05) is 6.58 Å². The lowest BCUT2D eigenvalue weighted by Gasteiger charge is -2.30. The Morgan fingerprint density at radius 2 is 1.71 bits per heavy atom. The van der Waals surface area contributed by atoms with Gasteiger partial charge in [0.05, 0.1) is 15.8 Å². The predicted octanol–water partition coefficient (Wildman–Crippen LogP) is 2.81. The Morgan fingerprint density at radius 1 is 1.14 bits per heavy atom. The number of amides is 1. The number of thiol groups is 1. The molecular formula is C21H25N3O10S. The normalized spacial score (nSPS) is 14.5. The van der Waals surface area contributed by atoms with Crippen molar-refractivity contribution in [2.45, 2.75) is 32.5 Å². The lowest BCUT2D eigenvalue weighted by Crippen LogP contribution is -2.41. The maximum absolute atomic E-state index is 12.5. The van der Waals surface area contributed by atoms with E-state index in [4.69, 9.17) is 14.2 Å². The number of esters is 2. The van der Waals surface area contributed by atoms with Crippen LogP contribution in [0, 0.1) is 26.1 Å².